The van der Waals surface area contributed by atoms with Gasteiger partial charge in [0.2, 0.25) is 12.1 Å². The molecule has 0 aliphatic carbocycles. The lowest BCUT2D eigenvalue weighted by molar-refractivity contribution is -0.128. The van der Waals surface area contributed by atoms with Crippen molar-refractivity contribution in [2.75, 3.05) is 11.4 Å². The molecule has 32 heavy (non-hydrogen) atoms. The number of aliphatic imine (C=N–C) groups is 1. The van der Waals surface area contributed by atoms with Crippen LogP contribution < -0.4 is 16.0 Å². The van der Waals surface area contributed by atoms with E-state index in [0.29, 0.717) is 18.7 Å². The summed E-state index contributed by atoms with van der Waals surface area (Å²) in [5.41, 5.74) is 11.7. The standard InChI is InChI=1S/C26H24N4O2/c27-21(16-17-8-3-1-4-9-17)25(31)29-24-26(32)30-15-14-19-12-7-13-20(23(19)30)22(28-24)18-10-5-2-6-11-18/h1-13,21,24H,14-16,27H2,(H,29,31)/t21-,24-/m0/s1. The highest BCUT2D eigenvalue weighted by atomic mass is 16.2. The normalized spacial score (nSPS) is 17.9. The molecular weight excluding hydrogens is 400 g/mol. The summed E-state index contributed by atoms with van der Waals surface area (Å²) >= 11 is 0. The van der Waals surface area contributed by atoms with Crippen LogP contribution in [-0.2, 0) is 22.4 Å². The van der Waals surface area contributed by atoms with Crippen molar-refractivity contribution in [3.05, 3.63) is 101 Å². The van der Waals surface area contributed by atoms with Gasteiger partial charge in [-0.1, -0.05) is 78.9 Å². The molecule has 0 radical (unpaired) electrons. The van der Waals surface area contributed by atoms with Crippen LogP contribution in [0.5, 0.6) is 0 Å². The second kappa shape index (κ2) is 8.40. The summed E-state index contributed by atoms with van der Waals surface area (Å²) in [5.74, 6) is -0.629. The highest BCUT2D eigenvalue weighted by Gasteiger charge is 2.37. The van der Waals surface area contributed by atoms with E-state index in [1.54, 1.807) is 4.90 Å². The van der Waals surface area contributed by atoms with Gasteiger partial charge in [-0.05, 0) is 24.0 Å². The second-order valence-electron chi connectivity index (χ2n) is 8.10. The number of carbonyl (C=O) groups is 2. The molecule has 0 saturated carbocycles. The van der Waals surface area contributed by atoms with Crippen molar-refractivity contribution in [1.82, 2.24) is 5.32 Å². The maximum Gasteiger partial charge on any atom is 0.272 e. The summed E-state index contributed by atoms with van der Waals surface area (Å²) < 4.78 is 0. The molecule has 6 heteroatoms. The summed E-state index contributed by atoms with van der Waals surface area (Å²) in [6, 6.07) is 24.6. The Hall–Kier alpha value is -3.77. The minimum atomic E-state index is -1.03. The van der Waals surface area contributed by atoms with Crippen LogP contribution in [-0.4, -0.2) is 36.3 Å². The van der Waals surface area contributed by atoms with E-state index in [9.17, 15) is 9.59 Å². The molecule has 3 aromatic carbocycles. The highest BCUT2D eigenvalue weighted by molar-refractivity contribution is 6.21. The molecule has 2 aliphatic rings. The smallest absolute Gasteiger partial charge is 0.272 e. The van der Waals surface area contributed by atoms with Gasteiger partial charge in [0.1, 0.15) is 0 Å². The minimum absolute atomic E-state index is 0.234. The van der Waals surface area contributed by atoms with Crippen molar-refractivity contribution >= 4 is 23.2 Å². The topological polar surface area (TPSA) is 87.8 Å². The molecule has 3 N–H and O–H groups in total. The number of carbonyl (C=O) groups excluding carboxylic acids is 2. The first-order chi connectivity index (χ1) is 15.6. The van der Waals surface area contributed by atoms with Gasteiger partial charge < -0.3 is 16.0 Å². The molecule has 2 amide bonds. The number of benzene rings is 3. The lowest BCUT2D eigenvalue weighted by Gasteiger charge is -2.22. The molecule has 2 atom stereocenters. The number of anilines is 1. The first-order valence-electron chi connectivity index (χ1n) is 10.8. The number of hydrogen-bond acceptors (Lipinski definition) is 4. The van der Waals surface area contributed by atoms with Gasteiger partial charge in [0.15, 0.2) is 0 Å². The Labute approximate surface area is 186 Å². The number of amides is 2. The van der Waals surface area contributed by atoms with Gasteiger partial charge in [-0.25, -0.2) is 4.99 Å². The quantitative estimate of drug-likeness (QED) is 0.660. The third kappa shape index (κ3) is 3.69. The molecule has 0 fully saturated rings. The van der Waals surface area contributed by atoms with Gasteiger partial charge >= 0.3 is 0 Å². The van der Waals surface area contributed by atoms with Crippen LogP contribution in [0.4, 0.5) is 5.69 Å². The Kier molecular flexibility index (Phi) is 5.29. The van der Waals surface area contributed by atoms with E-state index in [4.69, 9.17) is 10.7 Å². The fraction of sp³-hybridized carbons (Fsp3) is 0.192. The van der Waals surface area contributed by atoms with Crippen LogP contribution in [0, 0.1) is 0 Å². The lowest BCUT2D eigenvalue weighted by Crippen LogP contribution is -2.52. The van der Waals surface area contributed by atoms with Crippen molar-refractivity contribution in [1.29, 1.82) is 0 Å². The Bertz CT molecular complexity index is 1190. The third-order valence-electron chi connectivity index (χ3n) is 5.97. The summed E-state index contributed by atoms with van der Waals surface area (Å²) in [4.78, 5) is 32.9. The maximum atomic E-state index is 13.4. The SMILES string of the molecule is N[C@@H](Cc1ccccc1)C(=O)N[C@@H]1N=C(c2ccccc2)c2cccc3c2N(CC3)C1=O. The fourth-order valence-corrected chi connectivity index (χ4v) is 4.39. The number of hydrogen-bond donors (Lipinski definition) is 2. The van der Waals surface area contributed by atoms with Crippen molar-refractivity contribution < 1.29 is 9.59 Å². The number of nitrogens with zero attached hydrogens (tertiary/aromatic N) is 2. The van der Waals surface area contributed by atoms with Crippen molar-refractivity contribution in [3.8, 4) is 0 Å². The average molecular weight is 425 g/mol. The Morgan fingerprint density at radius 3 is 2.50 bits per heavy atom. The summed E-state index contributed by atoms with van der Waals surface area (Å²) in [5, 5.41) is 2.81. The van der Waals surface area contributed by atoms with Gasteiger partial charge in [-0.3, -0.25) is 9.59 Å². The van der Waals surface area contributed by atoms with Gasteiger partial charge in [0.05, 0.1) is 17.4 Å². The van der Waals surface area contributed by atoms with E-state index in [1.165, 1.54) is 0 Å². The molecule has 2 aliphatic heterocycles. The highest BCUT2D eigenvalue weighted by Crippen LogP contribution is 2.36. The van der Waals surface area contributed by atoms with Crippen molar-refractivity contribution in [2.45, 2.75) is 25.0 Å². The van der Waals surface area contributed by atoms with Crippen molar-refractivity contribution in [3.63, 3.8) is 0 Å². The van der Waals surface area contributed by atoms with Gasteiger partial charge in [0, 0.05) is 17.7 Å². The monoisotopic (exact) mass is 424 g/mol. The first kappa shape index (κ1) is 20.2. The first-order valence-corrected chi connectivity index (χ1v) is 10.8. The van der Waals surface area contributed by atoms with E-state index in [2.05, 4.69) is 5.32 Å². The van der Waals surface area contributed by atoms with E-state index in [-0.39, 0.29) is 5.91 Å². The molecule has 2 heterocycles. The van der Waals surface area contributed by atoms with Gasteiger partial charge in [0.25, 0.3) is 5.91 Å². The molecule has 0 saturated heterocycles. The molecular formula is C26H24N4O2. The predicted octanol–water partition coefficient (Wildman–Crippen LogP) is 2.44. The van der Waals surface area contributed by atoms with Crippen LogP contribution in [0.15, 0.2) is 83.9 Å². The lowest BCUT2D eigenvalue weighted by atomic mass is 9.98. The zero-order valence-electron chi connectivity index (χ0n) is 17.6. The zero-order valence-corrected chi connectivity index (χ0v) is 17.6. The molecule has 0 spiro atoms. The Morgan fingerprint density at radius 1 is 1.03 bits per heavy atom. The molecule has 6 nitrogen and oxygen atoms in total. The molecule has 160 valence electrons. The van der Waals surface area contributed by atoms with Crippen LogP contribution in [0.2, 0.25) is 0 Å². The Balaban J connectivity index is 1.49. The summed E-state index contributed by atoms with van der Waals surface area (Å²) in [6.07, 6.45) is 0.139. The predicted molar refractivity (Wildman–Crippen MR) is 125 cm³/mol. The summed E-state index contributed by atoms with van der Waals surface area (Å²) in [6.45, 7) is 0.575. The molecule has 0 aromatic heterocycles. The Morgan fingerprint density at radius 2 is 1.75 bits per heavy atom. The van der Waals surface area contributed by atoms with E-state index < -0.39 is 18.1 Å². The molecule has 3 aromatic rings. The second-order valence-corrected chi connectivity index (χ2v) is 8.10. The number of nitrogens with two attached hydrogens (primary N) is 1. The van der Waals surface area contributed by atoms with Crippen LogP contribution >= 0.6 is 0 Å². The molecule has 5 rings (SSSR count). The number of para-hydroxylation sites is 1. The fourth-order valence-electron chi connectivity index (χ4n) is 4.39. The third-order valence-corrected chi connectivity index (χ3v) is 5.97. The zero-order chi connectivity index (χ0) is 22.1. The summed E-state index contributed by atoms with van der Waals surface area (Å²) in [7, 11) is 0. The van der Waals surface area contributed by atoms with Crippen molar-refractivity contribution in [2.24, 2.45) is 10.7 Å². The minimum Gasteiger partial charge on any atom is -0.325 e. The molecule has 0 unspecified atom stereocenters. The van der Waals surface area contributed by atoms with Gasteiger partial charge in [-0.2, -0.15) is 0 Å². The van der Waals surface area contributed by atoms with E-state index in [0.717, 1.165) is 34.4 Å². The molecule has 0 bridgehead atoms. The van der Waals surface area contributed by atoms with E-state index >= 15 is 0 Å². The number of nitrogens with one attached hydrogen (secondary N) is 1. The van der Waals surface area contributed by atoms with Crippen LogP contribution in [0.25, 0.3) is 0 Å². The van der Waals surface area contributed by atoms with Crippen LogP contribution in [0.3, 0.4) is 0 Å². The van der Waals surface area contributed by atoms with Crippen LogP contribution in [0.1, 0.15) is 22.3 Å². The van der Waals surface area contributed by atoms with E-state index in [1.807, 2.05) is 78.9 Å². The number of rotatable bonds is 5. The largest absolute Gasteiger partial charge is 0.325 e. The maximum absolute atomic E-state index is 13.4. The van der Waals surface area contributed by atoms with Gasteiger partial charge in [-0.15, -0.1) is 0 Å². The average Bonchev–Trinajstić information content (AvgIpc) is 3.22.